The molecule has 0 aliphatic rings. The zero-order valence-electron chi connectivity index (χ0n) is 12.1. The molecule has 0 spiro atoms. The Balaban J connectivity index is 1.80. The molecule has 1 atom stereocenters. The molecule has 0 aliphatic heterocycles. The van der Waals surface area contributed by atoms with E-state index in [1.165, 1.54) is 24.5 Å². The van der Waals surface area contributed by atoms with Crippen LogP contribution in [0.2, 0.25) is 0 Å². The van der Waals surface area contributed by atoms with Crippen molar-refractivity contribution in [3.8, 4) is 0 Å². The Labute approximate surface area is 127 Å². The summed E-state index contributed by atoms with van der Waals surface area (Å²) in [5.41, 5.74) is 0.0872. The van der Waals surface area contributed by atoms with Gasteiger partial charge in [-0.2, -0.15) is 0 Å². The topological polar surface area (TPSA) is 71.3 Å². The van der Waals surface area contributed by atoms with Gasteiger partial charge < -0.3 is 15.1 Å². The van der Waals surface area contributed by atoms with E-state index in [-0.39, 0.29) is 18.0 Å². The van der Waals surface area contributed by atoms with Crippen molar-refractivity contribution in [3.05, 3.63) is 54.2 Å². The van der Waals surface area contributed by atoms with Crippen molar-refractivity contribution in [2.24, 2.45) is 0 Å². The third-order valence-electron chi connectivity index (χ3n) is 3.08. The number of benzene rings is 1. The average Bonchev–Trinajstić information content (AvgIpc) is 3.00. The first-order valence-electron chi connectivity index (χ1n) is 6.93. The molecule has 22 heavy (non-hydrogen) atoms. The fraction of sp³-hybridized carbons (Fsp3) is 0.250. The van der Waals surface area contributed by atoms with Crippen LogP contribution in [0.5, 0.6) is 0 Å². The number of aryl methyl sites for hydroxylation is 1. The van der Waals surface area contributed by atoms with Crippen LogP contribution < -0.4 is 10.6 Å². The largest absolute Gasteiger partial charge is 0.469 e. The molecular weight excluding hydrogens is 287 g/mol. The van der Waals surface area contributed by atoms with Crippen LogP contribution in [-0.4, -0.2) is 17.9 Å². The summed E-state index contributed by atoms with van der Waals surface area (Å²) in [5.74, 6) is -0.560. The van der Waals surface area contributed by atoms with Crippen molar-refractivity contribution in [1.82, 2.24) is 5.32 Å². The molecule has 0 saturated carbocycles. The molecule has 5 nitrogen and oxygen atoms in total. The van der Waals surface area contributed by atoms with Crippen molar-refractivity contribution in [2.45, 2.75) is 25.8 Å². The SMILES string of the molecule is CC(NC(=O)CCc1ccco1)C(=O)Nc1ccccc1F. The highest BCUT2D eigenvalue weighted by molar-refractivity contribution is 5.96. The second-order valence-electron chi connectivity index (χ2n) is 4.84. The summed E-state index contributed by atoms with van der Waals surface area (Å²) in [7, 11) is 0. The van der Waals surface area contributed by atoms with E-state index in [0.29, 0.717) is 12.2 Å². The molecule has 2 N–H and O–H groups in total. The average molecular weight is 304 g/mol. The van der Waals surface area contributed by atoms with Gasteiger partial charge in [-0.15, -0.1) is 0 Å². The third kappa shape index (κ3) is 4.44. The Bertz CT molecular complexity index is 641. The summed E-state index contributed by atoms with van der Waals surface area (Å²) < 4.78 is 18.6. The number of anilines is 1. The number of halogens is 1. The molecule has 1 heterocycles. The van der Waals surface area contributed by atoms with E-state index in [4.69, 9.17) is 4.42 Å². The minimum absolute atomic E-state index is 0.0872. The van der Waals surface area contributed by atoms with Crippen LogP contribution >= 0.6 is 0 Å². The van der Waals surface area contributed by atoms with E-state index in [1.807, 2.05) is 0 Å². The maximum Gasteiger partial charge on any atom is 0.246 e. The fourth-order valence-corrected chi connectivity index (χ4v) is 1.87. The van der Waals surface area contributed by atoms with E-state index in [0.717, 1.165) is 0 Å². The first-order valence-corrected chi connectivity index (χ1v) is 6.93. The predicted molar refractivity (Wildman–Crippen MR) is 79.7 cm³/mol. The molecule has 0 bridgehead atoms. The van der Waals surface area contributed by atoms with Crippen molar-refractivity contribution >= 4 is 17.5 Å². The molecule has 1 unspecified atom stereocenters. The lowest BCUT2D eigenvalue weighted by Crippen LogP contribution is -2.41. The molecule has 2 rings (SSSR count). The summed E-state index contributed by atoms with van der Waals surface area (Å²) in [6.07, 6.45) is 2.21. The minimum atomic E-state index is -0.760. The van der Waals surface area contributed by atoms with Gasteiger partial charge in [-0.1, -0.05) is 12.1 Å². The Morgan fingerprint density at radius 1 is 1.23 bits per heavy atom. The summed E-state index contributed by atoms with van der Waals surface area (Å²) >= 11 is 0. The van der Waals surface area contributed by atoms with E-state index >= 15 is 0 Å². The Kier molecular flexibility index (Phi) is 5.30. The quantitative estimate of drug-likeness (QED) is 0.861. The maximum atomic E-state index is 13.4. The first-order chi connectivity index (χ1) is 10.6. The second-order valence-corrected chi connectivity index (χ2v) is 4.84. The molecule has 2 amide bonds. The van der Waals surface area contributed by atoms with Crippen LogP contribution in [0.3, 0.4) is 0 Å². The zero-order valence-corrected chi connectivity index (χ0v) is 12.1. The van der Waals surface area contributed by atoms with Gasteiger partial charge in [-0.25, -0.2) is 4.39 Å². The summed E-state index contributed by atoms with van der Waals surface area (Å²) in [6, 6.07) is 8.62. The fourth-order valence-electron chi connectivity index (χ4n) is 1.87. The van der Waals surface area contributed by atoms with Gasteiger partial charge in [-0.05, 0) is 31.2 Å². The first kappa shape index (κ1) is 15.8. The van der Waals surface area contributed by atoms with Crippen LogP contribution in [0.1, 0.15) is 19.1 Å². The zero-order chi connectivity index (χ0) is 15.9. The molecule has 1 aromatic heterocycles. The van der Waals surface area contributed by atoms with Crippen molar-refractivity contribution in [2.75, 3.05) is 5.32 Å². The highest BCUT2D eigenvalue weighted by atomic mass is 19.1. The van der Waals surface area contributed by atoms with E-state index in [9.17, 15) is 14.0 Å². The Morgan fingerprint density at radius 2 is 2.00 bits per heavy atom. The molecule has 1 aromatic carbocycles. The molecule has 0 aliphatic carbocycles. The van der Waals surface area contributed by atoms with Gasteiger partial charge in [0.25, 0.3) is 0 Å². The standard InChI is InChI=1S/C16H17FN2O3/c1-11(16(21)19-14-7-3-2-6-13(14)17)18-15(20)9-8-12-5-4-10-22-12/h2-7,10-11H,8-9H2,1H3,(H,18,20)(H,19,21). The van der Waals surface area contributed by atoms with E-state index < -0.39 is 17.8 Å². The molecular formula is C16H17FN2O3. The number of hydrogen-bond acceptors (Lipinski definition) is 3. The van der Waals surface area contributed by atoms with Crippen LogP contribution in [0.25, 0.3) is 0 Å². The Morgan fingerprint density at radius 3 is 2.68 bits per heavy atom. The number of rotatable bonds is 6. The molecule has 0 saturated heterocycles. The smallest absolute Gasteiger partial charge is 0.246 e. The molecule has 6 heteroatoms. The molecule has 116 valence electrons. The number of amides is 2. The summed E-state index contributed by atoms with van der Waals surface area (Å²) in [4.78, 5) is 23.7. The normalized spacial score (nSPS) is 11.7. The number of carbonyl (C=O) groups excluding carboxylic acids is 2. The second kappa shape index (κ2) is 7.40. The van der Waals surface area contributed by atoms with Gasteiger partial charge >= 0.3 is 0 Å². The van der Waals surface area contributed by atoms with Crippen molar-refractivity contribution in [1.29, 1.82) is 0 Å². The molecule has 0 fully saturated rings. The lowest BCUT2D eigenvalue weighted by molar-refractivity contribution is -0.126. The predicted octanol–water partition coefficient (Wildman–Crippen LogP) is 2.49. The summed E-state index contributed by atoms with van der Waals surface area (Å²) in [6.45, 7) is 1.54. The number of furan rings is 1. The number of nitrogens with one attached hydrogen (secondary N) is 2. The highest BCUT2D eigenvalue weighted by Crippen LogP contribution is 2.12. The Hall–Kier alpha value is -2.63. The summed E-state index contributed by atoms with van der Waals surface area (Å²) in [5, 5.41) is 5.00. The maximum absolute atomic E-state index is 13.4. The number of carbonyl (C=O) groups is 2. The van der Waals surface area contributed by atoms with E-state index in [1.54, 1.807) is 25.1 Å². The number of para-hydroxylation sites is 1. The van der Waals surface area contributed by atoms with Crippen molar-refractivity contribution in [3.63, 3.8) is 0 Å². The molecule has 2 aromatic rings. The van der Waals surface area contributed by atoms with Gasteiger partial charge in [0.1, 0.15) is 17.6 Å². The highest BCUT2D eigenvalue weighted by Gasteiger charge is 2.17. The van der Waals surface area contributed by atoms with Gasteiger partial charge in [0, 0.05) is 12.8 Å². The lowest BCUT2D eigenvalue weighted by Gasteiger charge is -2.14. The molecule has 0 radical (unpaired) electrons. The van der Waals surface area contributed by atoms with Crippen LogP contribution in [0.4, 0.5) is 10.1 Å². The van der Waals surface area contributed by atoms with Gasteiger partial charge in [0.2, 0.25) is 11.8 Å². The van der Waals surface area contributed by atoms with Crippen LogP contribution in [0.15, 0.2) is 47.1 Å². The lowest BCUT2D eigenvalue weighted by atomic mass is 10.2. The van der Waals surface area contributed by atoms with Crippen LogP contribution in [0, 0.1) is 5.82 Å². The van der Waals surface area contributed by atoms with Crippen molar-refractivity contribution < 1.29 is 18.4 Å². The van der Waals surface area contributed by atoms with Crippen LogP contribution in [-0.2, 0) is 16.0 Å². The monoisotopic (exact) mass is 304 g/mol. The third-order valence-corrected chi connectivity index (χ3v) is 3.08. The minimum Gasteiger partial charge on any atom is -0.469 e. The van der Waals surface area contributed by atoms with Gasteiger partial charge in [-0.3, -0.25) is 9.59 Å². The van der Waals surface area contributed by atoms with Gasteiger partial charge in [0.15, 0.2) is 0 Å². The van der Waals surface area contributed by atoms with E-state index in [2.05, 4.69) is 10.6 Å². The number of hydrogen-bond donors (Lipinski definition) is 2. The van der Waals surface area contributed by atoms with Gasteiger partial charge in [0.05, 0.1) is 12.0 Å².